The Labute approximate surface area is 131 Å². The first kappa shape index (κ1) is 14.5. The van der Waals surface area contributed by atoms with Gasteiger partial charge in [0.15, 0.2) is 0 Å². The van der Waals surface area contributed by atoms with Gasteiger partial charge in [-0.15, -0.1) is 0 Å². The molecule has 1 aliphatic heterocycles. The van der Waals surface area contributed by atoms with Crippen LogP contribution in [0.25, 0.3) is 10.9 Å². The van der Waals surface area contributed by atoms with Gasteiger partial charge in [-0.05, 0) is 38.2 Å². The average Bonchev–Trinajstić information content (AvgIpc) is 2.74. The molecule has 0 bridgehead atoms. The van der Waals surface area contributed by atoms with E-state index in [9.17, 15) is 9.18 Å². The maximum Gasteiger partial charge on any atom is 0.270 e. The predicted molar refractivity (Wildman–Crippen MR) is 84.0 cm³/mol. The number of halogens is 2. The largest absolute Gasteiger partial charge is 0.350 e. The minimum Gasteiger partial charge on any atom is -0.350 e. The Hall–Kier alpha value is -1.40. The summed E-state index contributed by atoms with van der Waals surface area (Å²) in [4.78, 5) is 19.7. The highest BCUT2D eigenvalue weighted by molar-refractivity contribution is 9.10. The molecule has 1 aromatic carbocycles. The molecule has 0 atom stereocenters. The van der Waals surface area contributed by atoms with E-state index < -0.39 is 0 Å². The molecule has 0 unspecified atom stereocenters. The summed E-state index contributed by atoms with van der Waals surface area (Å²) in [5.41, 5.74) is 1.09. The molecule has 0 spiro atoms. The van der Waals surface area contributed by atoms with E-state index in [1.807, 2.05) is 4.90 Å². The first-order valence-corrected chi connectivity index (χ1v) is 7.79. The SMILES string of the molecule is CN1CCCN(C(=O)c2cc3c(F)cc(Br)cc3[nH]2)CC1. The van der Waals surface area contributed by atoms with E-state index in [0.29, 0.717) is 27.6 Å². The van der Waals surface area contributed by atoms with Gasteiger partial charge in [0.2, 0.25) is 0 Å². The van der Waals surface area contributed by atoms with Crippen molar-refractivity contribution in [1.82, 2.24) is 14.8 Å². The zero-order chi connectivity index (χ0) is 15.0. The number of hydrogen-bond donors (Lipinski definition) is 1. The average molecular weight is 354 g/mol. The van der Waals surface area contributed by atoms with E-state index in [1.165, 1.54) is 6.07 Å². The number of nitrogens with one attached hydrogen (secondary N) is 1. The lowest BCUT2D eigenvalue weighted by Gasteiger charge is -2.19. The summed E-state index contributed by atoms with van der Waals surface area (Å²) < 4.78 is 14.6. The van der Waals surface area contributed by atoms with Gasteiger partial charge in [0, 0.05) is 29.5 Å². The molecule has 1 fully saturated rings. The third-order valence-electron chi connectivity index (χ3n) is 3.89. The van der Waals surface area contributed by atoms with Crippen LogP contribution in [0.3, 0.4) is 0 Å². The summed E-state index contributed by atoms with van der Waals surface area (Å²) in [6.45, 7) is 3.31. The van der Waals surface area contributed by atoms with Crippen LogP contribution in [0.15, 0.2) is 22.7 Å². The van der Waals surface area contributed by atoms with Gasteiger partial charge in [-0.25, -0.2) is 4.39 Å². The van der Waals surface area contributed by atoms with Gasteiger partial charge in [0.25, 0.3) is 5.91 Å². The smallest absolute Gasteiger partial charge is 0.270 e. The monoisotopic (exact) mass is 353 g/mol. The lowest BCUT2D eigenvalue weighted by molar-refractivity contribution is 0.0758. The molecule has 0 saturated carbocycles. The number of aromatic amines is 1. The van der Waals surface area contributed by atoms with Crippen LogP contribution in [-0.2, 0) is 0 Å². The number of nitrogens with zero attached hydrogens (tertiary/aromatic N) is 2. The molecule has 1 aromatic heterocycles. The van der Waals surface area contributed by atoms with Crippen LogP contribution in [0.4, 0.5) is 4.39 Å². The maximum atomic E-state index is 13.9. The Bertz CT molecular complexity index is 685. The summed E-state index contributed by atoms with van der Waals surface area (Å²) >= 11 is 3.26. The number of aromatic nitrogens is 1. The van der Waals surface area contributed by atoms with Crippen LogP contribution in [0.5, 0.6) is 0 Å². The van der Waals surface area contributed by atoms with E-state index >= 15 is 0 Å². The van der Waals surface area contributed by atoms with Crippen LogP contribution in [0, 0.1) is 5.82 Å². The second kappa shape index (κ2) is 5.77. The standard InChI is InChI=1S/C15H17BrFN3O/c1-19-3-2-4-20(6-5-19)15(21)14-9-11-12(17)7-10(16)8-13(11)18-14/h7-9,18H,2-6H2,1H3. The zero-order valence-corrected chi connectivity index (χ0v) is 13.4. The van der Waals surface area contributed by atoms with Gasteiger partial charge >= 0.3 is 0 Å². The van der Waals surface area contributed by atoms with Gasteiger partial charge in [-0.3, -0.25) is 4.79 Å². The lowest BCUT2D eigenvalue weighted by Crippen LogP contribution is -2.34. The van der Waals surface area contributed by atoms with Gasteiger partial charge in [-0.1, -0.05) is 15.9 Å². The number of likely N-dealkylation sites (N-methyl/N-ethyl adjacent to an activating group) is 1. The number of amides is 1. The van der Waals surface area contributed by atoms with Crippen molar-refractivity contribution in [2.75, 3.05) is 33.2 Å². The van der Waals surface area contributed by atoms with E-state index in [4.69, 9.17) is 0 Å². The normalized spacial score (nSPS) is 17.2. The second-order valence-corrected chi connectivity index (χ2v) is 6.40. The number of carbonyl (C=O) groups excluding carboxylic acids is 1. The van der Waals surface area contributed by atoms with Gasteiger partial charge in [0.05, 0.1) is 5.52 Å². The van der Waals surface area contributed by atoms with Gasteiger partial charge in [0.1, 0.15) is 11.5 Å². The molecule has 2 heterocycles. The number of H-pyrrole nitrogens is 1. The summed E-state index contributed by atoms with van der Waals surface area (Å²) in [7, 11) is 2.06. The van der Waals surface area contributed by atoms with Gasteiger partial charge in [-0.2, -0.15) is 0 Å². The summed E-state index contributed by atoms with van der Waals surface area (Å²) in [5, 5.41) is 0.452. The van der Waals surface area contributed by atoms with E-state index in [-0.39, 0.29) is 11.7 Å². The molecule has 21 heavy (non-hydrogen) atoms. The Morgan fingerprint density at radius 3 is 2.86 bits per heavy atom. The fourth-order valence-electron chi connectivity index (χ4n) is 2.70. The van der Waals surface area contributed by atoms with Crippen molar-refractivity contribution in [2.45, 2.75) is 6.42 Å². The summed E-state index contributed by atoms with van der Waals surface area (Å²) in [6.07, 6.45) is 0.961. The molecule has 1 amide bonds. The quantitative estimate of drug-likeness (QED) is 0.856. The highest BCUT2D eigenvalue weighted by Crippen LogP contribution is 2.24. The molecule has 1 N–H and O–H groups in total. The molecule has 3 rings (SSSR count). The zero-order valence-electron chi connectivity index (χ0n) is 11.8. The fourth-order valence-corrected chi connectivity index (χ4v) is 3.13. The van der Waals surface area contributed by atoms with Crippen LogP contribution in [0.2, 0.25) is 0 Å². The molecular weight excluding hydrogens is 337 g/mol. The Morgan fingerprint density at radius 1 is 1.24 bits per heavy atom. The molecule has 0 radical (unpaired) electrons. The molecule has 2 aromatic rings. The summed E-state index contributed by atoms with van der Waals surface area (Å²) in [5.74, 6) is -0.387. The van der Waals surface area contributed by atoms with Crippen molar-refractivity contribution in [3.63, 3.8) is 0 Å². The van der Waals surface area contributed by atoms with E-state index in [1.54, 1.807) is 12.1 Å². The Morgan fingerprint density at radius 2 is 2.05 bits per heavy atom. The first-order valence-electron chi connectivity index (χ1n) is 7.00. The number of benzene rings is 1. The molecular formula is C15H17BrFN3O. The topological polar surface area (TPSA) is 39.3 Å². The van der Waals surface area contributed by atoms with E-state index in [2.05, 4.69) is 32.9 Å². The Kier molecular flexibility index (Phi) is 3.99. The highest BCUT2D eigenvalue weighted by Gasteiger charge is 2.21. The van der Waals surface area contributed by atoms with Crippen molar-refractivity contribution in [2.24, 2.45) is 0 Å². The van der Waals surface area contributed by atoms with Crippen LogP contribution < -0.4 is 0 Å². The van der Waals surface area contributed by atoms with Crippen LogP contribution in [-0.4, -0.2) is 53.9 Å². The number of rotatable bonds is 1. The lowest BCUT2D eigenvalue weighted by atomic mass is 10.2. The molecule has 112 valence electrons. The molecule has 4 nitrogen and oxygen atoms in total. The maximum absolute atomic E-state index is 13.9. The third-order valence-corrected chi connectivity index (χ3v) is 4.35. The second-order valence-electron chi connectivity index (χ2n) is 5.48. The highest BCUT2D eigenvalue weighted by atomic mass is 79.9. The first-order chi connectivity index (χ1) is 10.0. The number of hydrogen-bond acceptors (Lipinski definition) is 2. The van der Waals surface area contributed by atoms with E-state index in [0.717, 1.165) is 26.1 Å². The molecule has 1 aliphatic rings. The van der Waals surface area contributed by atoms with Crippen molar-refractivity contribution >= 4 is 32.7 Å². The predicted octanol–water partition coefficient (Wildman–Crippen LogP) is 2.85. The minimum atomic E-state index is -0.328. The number of carbonyl (C=O) groups is 1. The van der Waals surface area contributed by atoms with Crippen LogP contribution in [0.1, 0.15) is 16.9 Å². The van der Waals surface area contributed by atoms with Gasteiger partial charge < -0.3 is 14.8 Å². The van der Waals surface area contributed by atoms with Crippen molar-refractivity contribution in [3.8, 4) is 0 Å². The Balaban J connectivity index is 1.89. The molecule has 1 saturated heterocycles. The van der Waals surface area contributed by atoms with Crippen molar-refractivity contribution in [3.05, 3.63) is 34.2 Å². The van der Waals surface area contributed by atoms with Crippen molar-refractivity contribution in [1.29, 1.82) is 0 Å². The van der Waals surface area contributed by atoms with Crippen LogP contribution >= 0.6 is 15.9 Å². The number of fused-ring (bicyclic) bond motifs is 1. The molecule has 0 aliphatic carbocycles. The molecule has 6 heteroatoms. The fraction of sp³-hybridized carbons (Fsp3) is 0.400. The third kappa shape index (κ3) is 2.96. The minimum absolute atomic E-state index is 0.0583. The summed E-state index contributed by atoms with van der Waals surface area (Å²) in [6, 6.07) is 4.80. The van der Waals surface area contributed by atoms with Crippen molar-refractivity contribution < 1.29 is 9.18 Å².